The fourth-order valence-corrected chi connectivity index (χ4v) is 4.68. The summed E-state index contributed by atoms with van der Waals surface area (Å²) in [6.07, 6.45) is 3.34. The zero-order valence-corrected chi connectivity index (χ0v) is 17.4. The Balaban J connectivity index is 1.32. The molecule has 1 fully saturated rings. The van der Waals surface area contributed by atoms with Gasteiger partial charge in [0.25, 0.3) is 0 Å². The van der Waals surface area contributed by atoms with Gasteiger partial charge in [-0.15, -0.1) is 0 Å². The second kappa shape index (κ2) is 8.19. The van der Waals surface area contributed by atoms with Crippen molar-refractivity contribution in [3.63, 3.8) is 0 Å². The van der Waals surface area contributed by atoms with Crippen LogP contribution in [0.1, 0.15) is 30.5 Å². The molecule has 2 aliphatic heterocycles. The van der Waals surface area contributed by atoms with Crippen molar-refractivity contribution in [3.05, 3.63) is 59.5 Å². The van der Waals surface area contributed by atoms with Crippen molar-refractivity contribution < 1.29 is 9.13 Å². The second-order valence-electron chi connectivity index (χ2n) is 8.27. The monoisotopic (exact) mass is 406 g/mol. The van der Waals surface area contributed by atoms with Gasteiger partial charge in [-0.2, -0.15) is 0 Å². The number of aromatic nitrogens is 2. The third-order valence-corrected chi connectivity index (χ3v) is 6.32. The van der Waals surface area contributed by atoms with Gasteiger partial charge in [-0.05, 0) is 50.5 Å². The number of ether oxygens (including phenoxy) is 1. The molecule has 1 atom stereocenters. The Kier molecular flexibility index (Phi) is 5.25. The smallest absolute Gasteiger partial charge is 0.226 e. The van der Waals surface area contributed by atoms with E-state index in [4.69, 9.17) is 14.7 Å². The van der Waals surface area contributed by atoms with Crippen molar-refractivity contribution in [2.24, 2.45) is 0 Å². The molecule has 1 aromatic heterocycles. The van der Waals surface area contributed by atoms with Crippen molar-refractivity contribution in [2.75, 3.05) is 31.1 Å². The van der Waals surface area contributed by atoms with Crippen LogP contribution in [0.15, 0.2) is 42.5 Å². The van der Waals surface area contributed by atoms with E-state index in [0.717, 1.165) is 80.3 Å². The van der Waals surface area contributed by atoms with Crippen LogP contribution in [0.25, 0.3) is 10.9 Å². The van der Waals surface area contributed by atoms with Gasteiger partial charge < -0.3 is 9.64 Å². The number of hydrogen-bond donors (Lipinski definition) is 0. The first kappa shape index (κ1) is 19.2. The number of fused-ring (bicyclic) bond motifs is 2. The number of anilines is 1. The largest absolute Gasteiger partial charge is 0.492 e. The van der Waals surface area contributed by atoms with Crippen molar-refractivity contribution in [1.29, 1.82) is 0 Å². The summed E-state index contributed by atoms with van der Waals surface area (Å²) in [5, 5.41) is 0.787. The highest BCUT2D eigenvalue weighted by Gasteiger charge is 2.26. The molecule has 2 aliphatic rings. The maximum atomic E-state index is 13.6. The van der Waals surface area contributed by atoms with Crippen LogP contribution in [0.4, 0.5) is 10.3 Å². The van der Waals surface area contributed by atoms with Gasteiger partial charge in [0.15, 0.2) is 0 Å². The summed E-state index contributed by atoms with van der Waals surface area (Å²) in [5.41, 5.74) is 2.91. The van der Waals surface area contributed by atoms with E-state index in [9.17, 15) is 4.39 Å². The Morgan fingerprint density at radius 2 is 1.93 bits per heavy atom. The topological polar surface area (TPSA) is 41.5 Å². The average molecular weight is 407 g/mol. The Morgan fingerprint density at radius 1 is 1.03 bits per heavy atom. The molecule has 0 spiro atoms. The van der Waals surface area contributed by atoms with E-state index in [1.54, 1.807) is 6.07 Å². The highest BCUT2D eigenvalue weighted by Crippen LogP contribution is 2.28. The molecular formula is C24H27FN4O. The Morgan fingerprint density at radius 3 is 2.87 bits per heavy atom. The summed E-state index contributed by atoms with van der Waals surface area (Å²) in [4.78, 5) is 14.3. The van der Waals surface area contributed by atoms with Crippen LogP contribution in [0.2, 0.25) is 0 Å². The highest BCUT2D eigenvalue weighted by molar-refractivity contribution is 5.81. The Hall–Kier alpha value is -2.73. The number of aryl methyl sites for hydroxylation is 1. The molecule has 3 aromatic rings. The molecule has 0 N–H and O–H groups in total. The van der Waals surface area contributed by atoms with E-state index in [0.29, 0.717) is 6.04 Å². The van der Waals surface area contributed by atoms with Gasteiger partial charge in [-0.3, -0.25) is 4.90 Å². The van der Waals surface area contributed by atoms with Crippen LogP contribution in [-0.4, -0.2) is 47.2 Å². The molecule has 2 aromatic carbocycles. The Bertz CT molecular complexity index is 1060. The van der Waals surface area contributed by atoms with E-state index >= 15 is 0 Å². The van der Waals surface area contributed by atoms with Crippen molar-refractivity contribution in [2.45, 2.75) is 38.8 Å². The van der Waals surface area contributed by atoms with Gasteiger partial charge >= 0.3 is 0 Å². The van der Waals surface area contributed by atoms with Gasteiger partial charge in [-0.25, -0.2) is 14.4 Å². The van der Waals surface area contributed by atoms with Gasteiger partial charge in [0.1, 0.15) is 18.2 Å². The van der Waals surface area contributed by atoms with Crippen molar-refractivity contribution in [1.82, 2.24) is 14.9 Å². The van der Waals surface area contributed by atoms with Gasteiger partial charge in [0, 0.05) is 43.2 Å². The minimum Gasteiger partial charge on any atom is -0.492 e. The number of halogens is 1. The van der Waals surface area contributed by atoms with Crippen LogP contribution in [0.5, 0.6) is 5.75 Å². The molecule has 0 bridgehead atoms. The first-order chi connectivity index (χ1) is 14.7. The normalized spacial score (nSPS) is 20.3. The van der Waals surface area contributed by atoms with E-state index in [2.05, 4.69) is 28.0 Å². The number of para-hydroxylation sites is 1. The zero-order chi connectivity index (χ0) is 20.5. The third-order valence-electron chi connectivity index (χ3n) is 6.32. The number of nitrogens with zero attached hydrogens (tertiary/aromatic N) is 4. The lowest BCUT2D eigenvalue weighted by molar-refractivity contribution is 0.157. The molecule has 5 rings (SSSR count). The molecular weight excluding hydrogens is 379 g/mol. The maximum absolute atomic E-state index is 13.6. The standard InChI is InChI=1S/C24H27FN4O/c1-17-21-15-19(25)8-9-22(21)27-24(26-17)28-11-4-6-20(10-12-28)29-13-14-30-23-7-3-2-5-18(23)16-29/h2-3,5,7-9,15,20H,4,6,10-14,16H2,1H3/t20-/m0/s1. The molecule has 0 radical (unpaired) electrons. The first-order valence-corrected chi connectivity index (χ1v) is 10.8. The molecule has 0 saturated carbocycles. The highest BCUT2D eigenvalue weighted by atomic mass is 19.1. The van der Waals surface area contributed by atoms with Gasteiger partial charge in [0.2, 0.25) is 5.95 Å². The fourth-order valence-electron chi connectivity index (χ4n) is 4.68. The summed E-state index contributed by atoms with van der Waals surface area (Å²) in [7, 11) is 0. The minimum atomic E-state index is -0.248. The van der Waals surface area contributed by atoms with E-state index in [-0.39, 0.29) is 5.82 Å². The lowest BCUT2D eigenvalue weighted by Gasteiger charge is -2.29. The van der Waals surface area contributed by atoms with Crippen LogP contribution in [-0.2, 0) is 6.54 Å². The van der Waals surface area contributed by atoms with Crippen LogP contribution in [0.3, 0.4) is 0 Å². The summed E-state index contributed by atoms with van der Waals surface area (Å²) < 4.78 is 19.5. The number of benzene rings is 2. The lowest BCUT2D eigenvalue weighted by Crippen LogP contribution is -2.37. The molecule has 0 amide bonds. The van der Waals surface area contributed by atoms with Crippen LogP contribution in [0, 0.1) is 12.7 Å². The summed E-state index contributed by atoms with van der Waals surface area (Å²) in [6.45, 7) is 6.44. The first-order valence-electron chi connectivity index (χ1n) is 10.8. The lowest BCUT2D eigenvalue weighted by atomic mass is 10.1. The van der Waals surface area contributed by atoms with Crippen molar-refractivity contribution in [3.8, 4) is 5.75 Å². The number of hydrogen-bond acceptors (Lipinski definition) is 5. The predicted octanol–water partition coefficient (Wildman–Crippen LogP) is 4.33. The number of rotatable bonds is 2. The molecule has 5 nitrogen and oxygen atoms in total. The van der Waals surface area contributed by atoms with E-state index in [1.807, 2.05) is 13.0 Å². The predicted molar refractivity (Wildman–Crippen MR) is 116 cm³/mol. The maximum Gasteiger partial charge on any atom is 0.226 e. The molecule has 1 saturated heterocycles. The quantitative estimate of drug-likeness (QED) is 0.634. The molecule has 6 heteroatoms. The van der Waals surface area contributed by atoms with Crippen molar-refractivity contribution >= 4 is 16.9 Å². The third kappa shape index (κ3) is 3.84. The summed E-state index contributed by atoms with van der Waals surface area (Å²) in [5.74, 6) is 1.53. The molecule has 3 heterocycles. The second-order valence-corrected chi connectivity index (χ2v) is 8.27. The summed E-state index contributed by atoms with van der Waals surface area (Å²) in [6, 6.07) is 13.6. The molecule has 0 unspecified atom stereocenters. The van der Waals surface area contributed by atoms with Gasteiger partial charge in [0.05, 0.1) is 11.2 Å². The molecule has 156 valence electrons. The summed E-state index contributed by atoms with van der Waals surface area (Å²) >= 11 is 0. The minimum absolute atomic E-state index is 0.248. The van der Waals surface area contributed by atoms with Crippen LogP contribution < -0.4 is 9.64 Å². The van der Waals surface area contributed by atoms with E-state index < -0.39 is 0 Å². The van der Waals surface area contributed by atoms with Crippen LogP contribution >= 0.6 is 0 Å². The average Bonchev–Trinajstić information content (AvgIpc) is 3.12. The molecule has 0 aliphatic carbocycles. The SMILES string of the molecule is Cc1nc(N2CCC[C@H](N3CCOc4ccccc4C3)CC2)nc2ccc(F)cc12. The van der Waals surface area contributed by atoms with Gasteiger partial charge in [-0.1, -0.05) is 18.2 Å². The molecule has 30 heavy (non-hydrogen) atoms. The fraction of sp³-hybridized carbons (Fsp3) is 0.417. The van der Waals surface area contributed by atoms with E-state index in [1.165, 1.54) is 17.7 Å². The Labute approximate surface area is 176 Å². The zero-order valence-electron chi connectivity index (χ0n) is 17.4.